The first-order valence-electron chi connectivity index (χ1n) is 8.08. The van der Waals surface area contributed by atoms with Crippen molar-refractivity contribution in [1.29, 1.82) is 0 Å². The van der Waals surface area contributed by atoms with Crippen molar-refractivity contribution >= 4 is 5.78 Å². The maximum absolute atomic E-state index is 12.2. The van der Waals surface area contributed by atoms with Crippen LogP contribution in [0.3, 0.4) is 0 Å². The monoisotopic (exact) mass is 307 g/mol. The van der Waals surface area contributed by atoms with Crippen molar-refractivity contribution in [3.63, 3.8) is 0 Å². The molecule has 0 bridgehead atoms. The summed E-state index contributed by atoms with van der Waals surface area (Å²) in [7, 11) is 0. The number of hydrogen-bond acceptors (Lipinski definition) is 2. The van der Waals surface area contributed by atoms with Crippen LogP contribution in [0.25, 0.3) is 0 Å². The Morgan fingerprint density at radius 2 is 1.35 bits per heavy atom. The van der Waals surface area contributed by atoms with Crippen LogP contribution >= 0.6 is 0 Å². The second-order valence-corrected chi connectivity index (χ2v) is 6.24. The van der Waals surface area contributed by atoms with Gasteiger partial charge in [0.05, 0.1) is 0 Å². The molecule has 0 unspecified atom stereocenters. The summed E-state index contributed by atoms with van der Waals surface area (Å²) >= 11 is 0. The van der Waals surface area contributed by atoms with Gasteiger partial charge in [-0.15, -0.1) is 0 Å². The normalized spacial score (nSPS) is 11.0. The molecule has 2 aromatic rings. The Hall–Kier alpha value is -2.19. The molecule has 0 saturated heterocycles. The van der Waals surface area contributed by atoms with E-state index in [9.17, 15) is 4.79 Å². The molecule has 2 aromatic carbocycles. The first-order chi connectivity index (χ1) is 11.1. The number of hydrogen-bond donors (Lipinski definition) is 0. The van der Waals surface area contributed by atoms with Crippen molar-refractivity contribution in [3.05, 3.63) is 83.9 Å². The van der Waals surface area contributed by atoms with Gasteiger partial charge in [0, 0.05) is 31.1 Å². The second-order valence-electron chi connectivity index (χ2n) is 6.24. The Balaban J connectivity index is 2.10. The molecule has 0 N–H and O–H groups in total. The molecule has 0 spiro atoms. The van der Waals surface area contributed by atoms with Gasteiger partial charge in [-0.2, -0.15) is 0 Å². The van der Waals surface area contributed by atoms with Gasteiger partial charge in [-0.1, -0.05) is 81.1 Å². The molecule has 0 fully saturated rings. The zero-order valence-corrected chi connectivity index (χ0v) is 14.0. The molecule has 0 aliphatic heterocycles. The van der Waals surface area contributed by atoms with Gasteiger partial charge in [0.25, 0.3) is 0 Å². The lowest BCUT2D eigenvalue weighted by Gasteiger charge is -2.24. The Morgan fingerprint density at radius 3 is 1.74 bits per heavy atom. The highest BCUT2D eigenvalue weighted by atomic mass is 16.1. The summed E-state index contributed by atoms with van der Waals surface area (Å²) in [4.78, 5) is 14.4. The smallest absolute Gasteiger partial charge is 0.162 e. The molecule has 23 heavy (non-hydrogen) atoms. The highest BCUT2D eigenvalue weighted by Crippen LogP contribution is 2.13. The summed E-state index contributed by atoms with van der Waals surface area (Å²) in [6, 6.07) is 20.7. The molecule has 0 radical (unpaired) electrons. The number of nitrogens with zero attached hydrogens (tertiary/aromatic N) is 1. The number of rotatable bonds is 8. The third kappa shape index (κ3) is 5.50. The molecule has 120 valence electrons. The van der Waals surface area contributed by atoms with Crippen LogP contribution in [0, 0.1) is 5.92 Å². The van der Waals surface area contributed by atoms with E-state index in [0.717, 1.165) is 13.1 Å². The number of Topliss-reactive ketones (excluding diaryl/α,β-unsaturated/α-hetero) is 1. The zero-order chi connectivity index (χ0) is 16.7. The third-order valence-electron chi connectivity index (χ3n) is 3.79. The fourth-order valence-electron chi connectivity index (χ4n) is 2.61. The lowest BCUT2D eigenvalue weighted by Crippen LogP contribution is -2.28. The Morgan fingerprint density at radius 1 is 0.913 bits per heavy atom. The van der Waals surface area contributed by atoms with Gasteiger partial charge in [-0.05, 0) is 11.1 Å². The Bertz CT molecular complexity index is 590. The molecule has 0 aliphatic rings. The summed E-state index contributed by atoms with van der Waals surface area (Å²) in [5.74, 6) is 0.147. The molecular weight excluding hydrogens is 282 g/mol. The summed E-state index contributed by atoms with van der Waals surface area (Å²) in [6.07, 6.45) is 0. The number of benzene rings is 2. The summed E-state index contributed by atoms with van der Waals surface area (Å²) in [6.45, 7) is 10.1. The van der Waals surface area contributed by atoms with E-state index in [4.69, 9.17) is 0 Å². The lowest BCUT2D eigenvalue weighted by atomic mass is 10.0. The molecule has 0 aromatic heterocycles. The fraction of sp³-hybridized carbons (Fsp3) is 0.286. The van der Waals surface area contributed by atoms with Crippen molar-refractivity contribution in [2.45, 2.75) is 26.9 Å². The fourth-order valence-corrected chi connectivity index (χ4v) is 2.61. The number of ketones is 1. The van der Waals surface area contributed by atoms with Gasteiger partial charge >= 0.3 is 0 Å². The SMILES string of the molecule is C=C(CN(Cc1ccccc1)Cc1ccccc1)C(=O)C(C)C. The third-order valence-corrected chi connectivity index (χ3v) is 3.79. The van der Waals surface area contributed by atoms with E-state index in [1.807, 2.05) is 50.2 Å². The second kappa shape index (κ2) is 8.44. The van der Waals surface area contributed by atoms with Gasteiger partial charge in [0.15, 0.2) is 5.78 Å². The molecule has 2 nitrogen and oxygen atoms in total. The lowest BCUT2D eigenvalue weighted by molar-refractivity contribution is -0.118. The van der Waals surface area contributed by atoms with Crippen LogP contribution in [-0.4, -0.2) is 17.2 Å². The Labute approximate surface area is 139 Å². The van der Waals surface area contributed by atoms with Crippen LogP contribution in [0.2, 0.25) is 0 Å². The molecule has 0 amide bonds. The van der Waals surface area contributed by atoms with Gasteiger partial charge in [-0.25, -0.2) is 0 Å². The van der Waals surface area contributed by atoms with Gasteiger partial charge in [-0.3, -0.25) is 9.69 Å². The largest absolute Gasteiger partial charge is 0.294 e. The zero-order valence-electron chi connectivity index (χ0n) is 14.0. The number of carbonyl (C=O) groups is 1. The average Bonchev–Trinajstić information content (AvgIpc) is 2.55. The van der Waals surface area contributed by atoms with Gasteiger partial charge in [0.2, 0.25) is 0 Å². The molecule has 2 rings (SSSR count). The van der Waals surface area contributed by atoms with E-state index >= 15 is 0 Å². The minimum atomic E-state index is -0.00204. The predicted molar refractivity (Wildman–Crippen MR) is 96.0 cm³/mol. The van der Waals surface area contributed by atoms with Crippen molar-refractivity contribution in [2.75, 3.05) is 6.54 Å². The van der Waals surface area contributed by atoms with Crippen molar-refractivity contribution < 1.29 is 4.79 Å². The van der Waals surface area contributed by atoms with Crippen LogP contribution in [0.5, 0.6) is 0 Å². The first kappa shape index (κ1) is 17.2. The van der Waals surface area contributed by atoms with E-state index in [-0.39, 0.29) is 11.7 Å². The average molecular weight is 307 g/mol. The van der Waals surface area contributed by atoms with Crippen LogP contribution in [0.1, 0.15) is 25.0 Å². The molecule has 2 heteroatoms. The summed E-state index contributed by atoms with van der Waals surface area (Å²) < 4.78 is 0. The van der Waals surface area contributed by atoms with Crippen molar-refractivity contribution in [1.82, 2.24) is 4.90 Å². The van der Waals surface area contributed by atoms with E-state index in [1.165, 1.54) is 11.1 Å². The van der Waals surface area contributed by atoms with E-state index in [1.54, 1.807) is 0 Å². The molecule has 0 heterocycles. The summed E-state index contributed by atoms with van der Waals surface area (Å²) in [5.41, 5.74) is 3.17. The summed E-state index contributed by atoms with van der Waals surface area (Å²) in [5, 5.41) is 0. The van der Waals surface area contributed by atoms with Crippen LogP contribution in [-0.2, 0) is 17.9 Å². The highest BCUT2D eigenvalue weighted by Gasteiger charge is 2.16. The van der Waals surface area contributed by atoms with Crippen LogP contribution in [0.15, 0.2) is 72.8 Å². The van der Waals surface area contributed by atoms with E-state index < -0.39 is 0 Å². The topological polar surface area (TPSA) is 20.3 Å². The van der Waals surface area contributed by atoms with Gasteiger partial charge < -0.3 is 0 Å². The molecule has 0 atom stereocenters. The quantitative estimate of drug-likeness (QED) is 0.671. The van der Waals surface area contributed by atoms with E-state index in [2.05, 4.69) is 35.7 Å². The molecular formula is C21H25NO. The van der Waals surface area contributed by atoms with Crippen LogP contribution < -0.4 is 0 Å². The molecule has 0 saturated carbocycles. The first-order valence-corrected chi connectivity index (χ1v) is 8.08. The van der Waals surface area contributed by atoms with Crippen molar-refractivity contribution in [2.24, 2.45) is 5.92 Å². The number of carbonyl (C=O) groups excluding carboxylic acids is 1. The minimum Gasteiger partial charge on any atom is -0.294 e. The molecule has 0 aliphatic carbocycles. The maximum atomic E-state index is 12.2. The van der Waals surface area contributed by atoms with E-state index in [0.29, 0.717) is 12.1 Å². The van der Waals surface area contributed by atoms with Crippen molar-refractivity contribution in [3.8, 4) is 0 Å². The maximum Gasteiger partial charge on any atom is 0.162 e. The van der Waals surface area contributed by atoms with Gasteiger partial charge in [0.1, 0.15) is 0 Å². The highest BCUT2D eigenvalue weighted by molar-refractivity contribution is 5.96. The standard InChI is InChI=1S/C21H25NO/c1-17(2)21(23)18(3)14-22(15-19-10-6-4-7-11-19)16-20-12-8-5-9-13-20/h4-13,17H,3,14-16H2,1-2H3. The van der Waals surface area contributed by atoms with Crippen LogP contribution in [0.4, 0.5) is 0 Å². The minimum absolute atomic E-state index is 0.00204. The predicted octanol–water partition coefficient (Wildman–Crippen LogP) is 4.47. The Kier molecular flexibility index (Phi) is 6.30.